The van der Waals surface area contributed by atoms with Crippen molar-refractivity contribution in [2.75, 3.05) is 31.6 Å². The Morgan fingerprint density at radius 3 is 2.53 bits per heavy atom. The quantitative estimate of drug-likeness (QED) is 0.717. The highest BCUT2D eigenvalue weighted by atomic mass is 15.3. The lowest BCUT2D eigenvalue weighted by molar-refractivity contribution is 0.691. The van der Waals surface area contributed by atoms with E-state index in [1.807, 2.05) is 25.8 Å². The van der Waals surface area contributed by atoms with Crippen LogP contribution in [-0.4, -0.2) is 41.9 Å². The van der Waals surface area contributed by atoms with E-state index in [0.717, 1.165) is 31.0 Å². The van der Waals surface area contributed by atoms with Gasteiger partial charge in [-0.1, -0.05) is 6.92 Å². The first-order valence-electron chi connectivity index (χ1n) is 5.25. The number of hydrogen-bond acceptors (Lipinski definition) is 5. The number of aryl methyl sites for hydroxylation is 2. The zero-order chi connectivity index (χ0) is 11.3. The van der Waals surface area contributed by atoms with Gasteiger partial charge in [-0.3, -0.25) is 0 Å². The average Bonchev–Trinajstić information content (AvgIpc) is 2.22. The standard InChI is InChI=1S/C10H19N5/c1-5-11-6-7-15(4)10-12-8(2)9(3)13-14-10/h11H,5-7H2,1-4H3. The summed E-state index contributed by atoms with van der Waals surface area (Å²) >= 11 is 0. The van der Waals surface area contributed by atoms with Crippen molar-refractivity contribution in [1.82, 2.24) is 20.5 Å². The third kappa shape index (κ3) is 3.43. The molecule has 1 rings (SSSR count). The minimum absolute atomic E-state index is 0.691. The minimum atomic E-state index is 0.691. The van der Waals surface area contributed by atoms with Crippen molar-refractivity contribution in [2.45, 2.75) is 20.8 Å². The van der Waals surface area contributed by atoms with Gasteiger partial charge in [0.05, 0.1) is 11.4 Å². The van der Waals surface area contributed by atoms with Crippen LogP contribution >= 0.6 is 0 Å². The van der Waals surface area contributed by atoms with Crippen molar-refractivity contribution in [1.29, 1.82) is 0 Å². The van der Waals surface area contributed by atoms with Gasteiger partial charge in [0, 0.05) is 20.1 Å². The van der Waals surface area contributed by atoms with E-state index in [4.69, 9.17) is 0 Å². The number of likely N-dealkylation sites (N-methyl/N-ethyl adjacent to an activating group) is 2. The summed E-state index contributed by atoms with van der Waals surface area (Å²) < 4.78 is 0. The van der Waals surface area contributed by atoms with Gasteiger partial charge in [0.15, 0.2) is 0 Å². The Morgan fingerprint density at radius 1 is 1.20 bits per heavy atom. The Labute approximate surface area is 90.9 Å². The van der Waals surface area contributed by atoms with E-state index in [9.17, 15) is 0 Å². The predicted molar refractivity (Wildman–Crippen MR) is 61.1 cm³/mol. The van der Waals surface area contributed by atoms with Gasteiger partial charge in [-0.2, -0.15) is 5.10 Å². The monoisotopic (exact) mass is 209 g/mol. The number of aromatic nitrogens is 3. The highest BCUT2D eigenvalue weighted by Crippen LogP contribution is 2.05. The predicted octanol–water partition coefficient (Wildman–Crippen LogP) is 0.534. The summed E-state index contributed by atoms with van der Waals surface area (Å²) in [5.41, 5.74) is 1.83. The molecule has 1 heterocycles. The molecule has 0 atom stereocenters. The lowest BCUT2D eigenvalue weighted by atomic mass is 10.4. The van der Waals surface area contributed by atoms with Gasteiger partial charge < -0.3 is 10.2 Å². The molecule has 1 N–H and O–H groups in total. The first kappa shape index (κ1) is 11.8. The molecule has 1 aromatic rings. The van der Waals surface area contributed by atoms with Crippen LogP contribution in [0.15, 0.2) is 0 Å². The number of anilines is 1. The Hall–Kier alpha value is -1.23. The van der Waals surface area contributed by atoms with Gasteiger partial charge >= 0.3 is 0 Å². The molecule has 1 aromatic heterocycles. The first-order valence-corrected chi connectivity index (χ1v) is 5.25. The van der Waals surface area contributed by atoms with Crippen molar-refractivity contribution in [2.24, 2.45) is 0 Å². The highest BCUT2D eigenvalue weighted by Gasteiger charge is 2.05. The molecule has 0 unspecified atom stereocenters. The van der Waals surface area contributed by atoms with Crippen LogP contribution in [0, 0.1) is 13.8 Å². The molecule has 0 spiro atoms. The number of hydrogen-bond donors (Lipinski definition) is 1. The average molecular weight is 209 g/mol. The Balaban J connectivity index is 2.57. The van der Waals surface area contributed by atoms with Crippen LogP contribution in [0.25, 0.3) is 0 Å². The summed E-state index contributed by atoms with van der Waals surface area (Å²) in [5, 5.41) is 11.4. The van der Waals surface area contributed by atoms with E-state index in [-0.39, 0.29) is 0 Å². The van der Waals surface area contributed by atoms with E-state index in [1.54, 1.807) is 0 Å². The van der Waals surface area contributed by atoms with Crippen LogP contribution in [-0.2, 0) is 0 Å². The third-order valence-electron chi connectivity index (χ3n) is 2.30. The zero-order valence-corrected chi connectivity index (χ0v) is 9.91. The molecule has 0 saturated heterocycles. The summed E-state index contributed by atoms with van der Waals surface area (Å²) in [4.78, 5) is 6.38. The van der Waals surface area contributed by atoms with Crippen molar-refractivity contribution in [3.8, 4) is 0 Å². The Morgan fingerprint density at radius 2 is 1.93 bits per heavy atom. The van der Waals surface area contributed by atoms with E-state index < -0.39 is 0 Å². The molecule has 15 heavy (non-hydrogen) atoms. The van der Waals surface area contributed by atoms with Gasteiger partial charge in [0.2, 0.25) is 5.95 Å². The van der Waals surface area contributed by atoms with E-state index in [2.05, 4.69) is 27.4 Å². The molecule has 0 aliphatic rings. The molecule has 0 saturated carbocycles. The van der Waals surface area contributed by atoms with E-state index in [0.29, 0.717) is 5.95 Å². The highest BCUT2D eigenvalue weighted by molar-refractivity contribution is 5.28. The lowest BCUT2D eigenvalue weighted by Crippen LogP contribution is -2.30. The maximum atomic E-state index is 4.38. The summed E-state index contributed by atoms with van der Waals surface area (Å²) in [7, 11) is 1.98. The van der Waals surface area contributed by atoms with Gasteiger partial charge in [0.25, 0.3) is 0 Å². The molecule has 5 nitrogen and oxygen atoms in total. The van der Waals surface area contributed by atoms with Crippen LogP contribution in [0.2, 0.25) is 0 Å². The molecule has 0 bridgehead atoms. The first-order chi connectivity index (χ1) is 7.15. The molecular formula is C10H19N5. The molecule has 84 valence electrons. The topological polar surface area (TPSA) is 53.9 Å². The molecule has 5 heteroatoms. The van der Waals surface area contributed by atoms with Crippen molar-refractivity contribution in [3.63, 3.8) is 0 Å². The number of rotatable bonds is 5. The second-order valence-corrected chi connectivity index (χ2v) is 3.56. The number of nitrogens with one attached hydrogen (secondary N) is 1. The van der Waals surface area contributed by atoms with Crippen LogP contribution in [0.4, 0.5) is 5.95 Å². The SMILES string of the molecule is CCNCCN(C)c1nnc(C)c(C)n1. The van der Waals surface area contributed by atoms with Crippen molar-refractivity contribution in [3.05, 3.63) is 11.4 Å². The second-order valence-electron chi connectivity index (χ2n) is 3.56. The Bertz CT molecular complexity index is 313. The maximum Gasteiger partial charge on any atom is 0.245 e. The molecule has 0 aromatic carbocycles. The van der Waals surface area contributed by atoms with Crippen LogP contribution < -0.4 is 10.2 Å². The van der Waals surface area contributed by atoms with Crippen molar-refractivity contribution >= 4 is 5.95 Å². The lowest BCUT2D eigenvalue weighted by Gasteiger charge is -2.16. The molecular weight excluding hydrogens is 190 g/mol. The van der Waals surface area contributed by atoms with Gasteiger partial charge in [-0.25, -0.2) is 4.98 Å². The third-order valence-corrected chi connectivity index (χ3v) is 2.30. The number of nitrogens with zero attached hydrogens (tertiary/aromatic N) is 4. The molecule has 0 aliphatic carbocycles. The van der Waals surface area contributed by atoms with Crippen LogP contribution in [0.1, 0.15) is 18.3 Å². The van der Waals surface area contributed by atoms with Crippen LogP contribution in [0.5, 0.6) is 0 Å². The van der Waals surface area contributed by atoms with Crippen molar-refractivity contribution < 1.29 is 0 Å². The fourth-order valence-corrected chi connectivity index (χ4v) is 1.13. The summed E-state index contributed by atoms with van der Waals surface area (Å²) in [6.07, 6.45) is 0. The van der Waals surface area contributed by atoms with Gasteiger partial charge in [-0.05, 0) is 20.4 Å². The zero-order valence-electron chi connectivity index (χ0n) is 9.91. The smallest absolute Gasteiger partial charge is 0.245 e. The summed E-state index contributed by atoms with van der Waals surface area (Å²) in [5.74, 6) is 0.691. The minimum Gasteiger partial charge on any atom is -0.341 e. The van der Waals surface area contributed by atoms with Gasteiger partial charge in [0.1, 0.15) is 0 Å². The Kier molecular flexibility index (Phi) is 4.42. The molecule has 0 aliphatic heterocycles. The van der Waals surface area contributed by atoms with Crippen LogP contribution in [0.3, 0.4) is 0 Å². The van der Waals surface area contributed by atoms with Gasteiger partial charge in [-0.15, -0.1) is 5.10 Å². The fourth-order valence-electron chi connectivity index (χ4n) is 1.13. The maximum absolute atomic E-state index is 4.38. The van der Waals surface area contributed by atoms with E-state index >= 15 is 0 Å². The molecule has 0 fully saturated rings. The summed E-state index contributed by atoms with van der Waals surface area (Å²) in [6.45, 7) is 8.76. The molecule has 0 radical (unpaired) electrons. The summed E-state index contributed by atoms with van der Waals surface area (Å²) in [6, 6.07) is 0. The second kappa shape index (κ2) is 5.60. The fraction of sp³-hybridized carbons (Fsp3) is 0.700. The molecule has 0 amide bonds. The van der Waals surface area contributed by atoms with E-state index in [1.165, 1.54) is 0 Å². The normalized spacial score (nSPS) is 10.4. The largest absolute Gasteiger partial charge is 0.341 e.